The van der Waals surface area contributed by atoms with Gasteiger partial charge in [-0.05, 0) is 42.8 Å². The molecule has 3 aromatic rings. The first kappa shape index (κ1) is 19.0. The summed E-state index contributed by atoms with van der Waals surface area (Å²) >= 11 is 6.16. The van der Waals surface area contributed by atoms with Crippen molar-refractivity contribution in [3.63, 3.8) is 0 Å². The summed E-state index contributed by atoms with van der Waals surface area (Å²) in [6.45, 7) is 1.95. The van der Waals surface area contributed by atoms with Gasteiger partial charge >= 0.3 is 0 Å². The summed E-state index contributed by atoms with van der Waals surface area (Å²) in [4.78, 5) is 13.0. The zero-order chi connectivity index (χ0) is 19.2. The van der Waals surface area contributed by atoms with Crippen LogP contribution < -0.4 is 15.4 Å². The first-order valence-corrected chi connectivity index (χ1v) is 8.95. The summed E-state index contributed by atoms with van der Waals surface area (Å²) in [6.07, 6.45) is 1.62. The molecular formula is C21H21ClN2O3. The van der Waals surface area contributed by atoms with Gasteiger partial charge in [0.2, 0.25) is 5.91 Å². The first-order valence-electron chi connectivity index (χ1n) is 8.57. The molecule has 0 aliphatic rings. The number of nitrogens with one attached hydrogen (secondary N) is 2. The van der Waals surface area contributed by atoms with E-state index in [9.17, 15) is 4.79 Å². The van der Waals surface area contributed by atoms with E-state index in [1.807, 2.05) is 49.4 Å². The molecular weight excluding hydrogens is 364 g/mol. The number of anilines is 1. The summed E-state index contributed by atoms with van der Waals surface area (Å²) in [5, 5.41) is 6.67. The maximum atomic E-state index is 13.0. The molecule has 1 heterocycles. The molecule has 2 aromatic carbocycles. The first-order chi connectivity index (χ1) is 13.1. The van der Waals surface area contributed by atoms with Crippen LogP contribution in [0.25, 0.3) is 0 Å². The molecule has 6 heteroatoms. The molecule has 3 rings (SSSR count). The number of carbonyl (C=O) groups excluding carboxylic acids is 1. The number of methoxy groups -OCH3 is 1. The molecule has 0 unspecified atom stereocenters. The summed E-state index contributed by atoms with van der Waals surface area (Å²) in [5.41, 5.74) is 1.45. The SMILES string of the molecule is COc1ccc(NC(=O)[C@H](N[C@@H](C)c2ccco2)c2ccccc2)cc1Cl. The van der Waals surface area contributed by atoms with E-state index in [0.29, 0.717) is 16.5 Å². The molecule has 0 bridgehead atoms. The predicted octanol–water partition coefficient (Wildman–Crippen LogP) is 4.97. The minimum Gasteiger partial charge on any atom is -0.495 e. The van der Waals surface area contributed by atoms with Crippen molar-refractivity contribution in [2.75, 3.05) is 12.4 Å². The Morgan fingerprint density at radius 1 is 1.11 bits per heavy atom. The van der Waals surface area contributed by atoms with Crippen LogP contribution in [0.5, 0.6) is 5.75 Å². The second-order valence-electron chi connectivity index (χ2n) is 6.09. The monoisotopic (exact) mass is 384 g/mol. The van der Waals surface area contributed by atoms with Crippen molar-refractivity contribution in [3.05, 3.63) is 83.3 Å². The number of benzene rings is 2. The van der Waals surface area contributed by atoms with Crippen LogP contribution in [-0.2, 0) is 4.79 Å². The van der Waals surface area contributed by atoms with Crippen LogP contribution in [0.4, 0.5) is 5.69 Å². The Hall–Kier alpha value is -2.76. The lowest BCUT2D eigenvalue weighted by Crippen LogP contribution is -2.34. The molecule has 27 heavy (non-hydrogen) atoms. The second kappa shape index (κ2) is 8.75. The van der Waals surface area contributed by atoms with E-state index in [1.165, 1.54) is 0 Å². The Bertz CT molecular complexity index is 882. The van der Waals surface area contributed by atoms with Crippen LogP contribution >= 0.6 is 11.6 Å². The fourth-order valence-electron chi connectivity index (χ4n) is 2.80. The highest BCUT2D eigenvalue weighted by molar-refractivity contribution is 6.32. The molecule has 0 fully saturated rings. The van der Waals surface area contributed by atoms with Gasteiger partial charge in [0, 0.05) is 5.69 Å². The molecule has 2 atom stereocenters. The summed E-state index contributed by atoms with van der Waals surface area (Å²) in [6, 6.07) is 17.7. The average molecular weight is 385 g/mol. The molecule has 0 saturated heterocycles. The lowest BCUT2D eigenvalue weighted by atomic mass is 10.0. The normalized spacial score (nSPS) is 13.0. The van der Waals surface area contributed by atoms with Crippen molar-refractivity contribution in [1.82, 2.24) is 5.32 Å². The van der Waals surface area contributed by atoms with Crippen LogP contribution in [0.1, 0.15) is 30.3 Å². The Labute approximate surface area is 163 Å². The summed E-state index contributed by atoms with van der Waals surface area (Å²) < 4.78 is 10.6. The van der Waals surface area contributed by atoms with Crippen molar-refractivity contribution >= 4 is 23.2 Å². The van der Waals surface area contributed by atoms with E-state index in [0.717, 1.165) is 11.3 Å². The van der Waals surface area contributed by atoms with Crippen molar-refractivity contribution in [2.24, 2.45) is 0 Å². The summed E-state index contributed by atoms with van der Waals surface area (Å²) in [5.74, 6) is 1.12. The van der Waals surface area contributed by atoms with E-state index in [-0.39, 0.29) is 11.9 Å². The van der Waals surface area contributed by atoms with Gasteiger partial charge in [0.15, 0.2) is 0 Å². The Morgan fingerprint density at radius 3 is 2.52 bits per heavy atom. The number of amides is 1. The fraction of sp³-hybridized carbons (Fsp3) is 0.190. The lowest BCUT2D eigenvalue weighted by molar-refractivity contribution is -0.118. The van der Waals surface area contributed by atoms with Gasteiger partial charge in [-0.1, -0.05) is 41.9 Å². The number of halogens is 1. The number of carbonyl (C=O) groups is 1. The molecule has 1 amide bonds. The van der Waals surface area contributed by atoms with E-state index >= 15 is 0 Å². The van der Waals surface area contributed by atoms with Gasteiger partial charge in [0.25, 0.3) is 0 Å². The number of rotatable bonds is 7. The molecule has 2 N–H and O–H groups in total. The second-order valence-corrected chi connectivity index (χ2v) is 6.49. The molecule has 0 spiro atoms. The summed E-state index contributed by atoms with van der Waals surface area (Å²) in [7, 11) is 1.55. The Balaban J connectivity index is 1.81. The molecule has 0 saturated carbocycles. The van der Waals surface area contributed by atoms with Gasteiger partial charge < -0.3 is 14.5 Å². The topological polar surface area (TPSA) is 63.5 Å². The molecule has 140 valence electrons. The van der Waals surface area contributed by atoms with Crippen molar-refractivity contribution in [2.45, 2.75) is 19.0 Å². The van der Waals surface area contributed by atoms with Gasteiger partial charge in [-0.2, -0.15) is 0 Å². The molecule has 1 aromatic heterocycles. The van der Waals surface area contributed by atoms with E-state index in [2.05, 4.69) is 10.6 Å². The minimum atomic E-state index is -0.563. The molecule has 0 aliphatic heterocycles. The van der Waals surface area contributed by atoms with Crippen LogP contribution in [-0.4, -0.2) is 13.0 Å². The molecule has 0 aliphatic carbocycles. The highest BCUT2D eigenvalue weighted by Gasteiger charge is 2.24. The molecule has 5 nitrogen and oxygen atoms in total. The van der Waals surface area contributed by atoms with Crippen LogP contribution in [0.2, 0.25) is 5.02 Å². The highest BCUT2D eigenvalue weighted by atomic mass is 35.5. The third-order valence-electron chi connectivity index (χ3n) is 4.20. The predicted molar refractivity (Wildman–Crippen MR) is 106 cm³/mol. The zero-order valence-electron chi connectivity index (χ0n) is 15.1. The lowest BCUT2D eigenvalue weighted by Gasteiger charge is -2.22. The largest absolute Gasteiger partial charge is 0.495 e. The van der Waals surface area contributed by atoms with Crippen molar-refractivity contribution in [1.29, 1.82) is 0 Å². The third-order valence-corrected chi connectivity index (χ3v) is 4.50. The number of ether oxygens (including phenoxy) is 1. The third kappa shape index (κ3) is 4.70. The minimum absolute atomic E-state index is 0.143. The van der Waals surface area contributed by atoms with Crippen LogP contribution in [0, 0.1) is 0 Å². The molecule has 0 radical (unpaired) electrons. The Morgan fingerprint density at radius 2 is 1.89 bits per heavy atom. The zero-order valence-corrected chi connectivity index (χ0v) is 15.9. The van der Waals surface area contributed by atoms with Crippen LogP contribution in [0.15, 0.2) is 71.3 Å². The van der Waals surface area contributed by atoms with E-state index in [4.69, 9.17) is 20.8 Å². The highest BCUT2D eigenvalue weighted by Crippen LogP contribution is 2.28. The standard InChI is InChI=1S/C21H21ClN2O3/c1-14(18-9-6-12-27-18)23-20(15-7-4-3-5-8-15)21(25)24-16-10-11-19(26-2)17(22)13-16/h3-14,20,23H,1-2H3,(H,24,25)/t14-,20+/m0/s1. The van der Waals surface area contributed by atoms with Gasteiger partial charge in [0.05, 0.1) is 24.4 Å². The number of hydrogen-bond donors (Lipinski definition) is 2. The quantitative estimate of drug-likeness (QED) is 0.603. The van der Waals surface area contributed by atoms with Gasteiger partial charge in [0.1, 0.15) is 17.6 Å². The van der Waals surface area contributed by atoms with E-state index in [1.54, 1.807) is 31.6 Å². The Kier molecular flexibility index (Phi) is 6.16. The fourth-order valence-corrected chi connectivity index (χ4v) is 3.05. The van der Waals surface area contributed by atoms with Gasteiger partial charge in [-0.3, -0.25) is 10.1 Å². The van der Waals surface area contributed by atoms with Crippen LogP contribution in [0.3, 0.4) is 0 Å². The van der Waals surface area contributed by atoms with Crippen molar-refractivity contribution in [3.8, 4) is 5.75 Å². The van der Waals surface area contributed by atoms with Gasteiger partial charge in [-0.15, -0.1) is 0 Å². The smallest absolute Gasteiger partial charge is 0.246 e. The van der Waals surface area contributed by atoms with Gasteiger partial charge in [-0.25, -0.2) is 0 Å². The maximum absolute atomic E-state index is 13.0. The maximum Gasteiger partial charge on any atom is 0.246 e. The number of hydrogen-bond acceptors (Lipinski definition) is 4. The number of furan rings is 1. The average Bonchev–Trinajstić information content (AvgIpc) is 3.21. The van der Waals surface area contributed by atoms with E-state index < -0.39 is 6.04 Å². The van der Waals surface area contributed by atoms with Crippen molar-refractivity contribution < 1.29 is 13.9 Å².